The van der Waals surface area contributed by atoms with Crippen molar-refractivity contribution in [2.45, 2.75) is 38.8 Å². The number of carbonyl (C=O) groups excluding carboxylic acids is 1. The van der Waals surface area contributed by atoms with Crippen LogP contribution in [0.5, 0.6) is 17.4 Å². The molecule has 1 aromatic carbocycles. The van der Waals surface area contributed by atoms with Crippen LogP contribution in [0.1, 0.15) is 31.2 Å². The molecule has 0 saturated carbocycles. The second-order valence-corrected chi connectivity index (χ2v) is 7.19. The van der Waals surface area contributed by atoms with Crippen LogP contribution in [0.3, 0.4) is 0 Å². The van der Waals surface area contributed by atoms with Crippen molar-refractivity contribution in [3.05, 3.63) is 60.8 Å². The average molecular weight is 407 g/mol. The van der Waals surface area contributed by atoms with Gasteiger partial charge in [0.1, 0.15) is 19.2 Å². The minimum atomic E-state index is -0.00821. The zero-order valence-electron chi connectivity index (χ0n) is 16.8. The van der Waals surface area contributed by atoms with E-state index >= 15 is 0 Å². The monoisotopic (exact) mass is 407 g/mol. The van der Waals surface area contributed by atoms with Crippen LogP contribution in [0, 0.1) is 0 Å². The van der Waals surface area contributed by atoms with Crippen molar-refractivity contribution in [1.29, 1.82) is 0 Å². The number of carbonyl (C=O) groups is 1. The van der Waals surface area contributed by atoms with Gasteiger partial charge < -0.3 is 14.4 Å². The molecule has 0 radical (unpaired) electrons. The molecule has 0 saturated heterocycles. The highest BCUT2D eigenvalue weighted by molar-refractivity contribution is 5.76. The number of ether oxygens (including phenoxy) is 2. The summed E-state index contributed by atoms with van der Waals surface area (Å²) in [6.07, 6.45) is 8.64. The second kappa shape index (κ2) is 9.87. The summed E-state index contributed by atoms with van der Waals surface area (Å²) in [5.74, 6) is 1.79. The van der Waals surface area contributed by atoms with Crippen LogP contribution in [0.15, 0.2) is 55.2 Å². The molecule has 0 unspecified atom stereocenters. The molecule has 8 heteroatoms. The van der Waals surface area contributed by atoms with Gasteiger partial charge in [0, 0.05) is 18.3 Å². The fraction of sp³-hybridized carbons (Fsp3) is 0.364. The number of benzene rings is 1. The zero-order valence-corrected chi connectivity index (χ0v) is 16.8. The Bertz CT molecular complexity index is 961. The molecule has 0 atom stereocenters. The lowest BCUT2D eigenvalue weighted by molar-refractivity contribution is -0.132. The third kappa shape index (κ3) is 5.14. The first-order chi connectivity index (χ1) is 14.8. The molecule has 30 heavy (non-hydrogen) atoms. The summed E-state index contributed by atoms with van der Waals surface area (Å²) in [6.45, 7) is 1.87. The van der Waals surface area contributed by atoms with Crippen molar-refractivity contribution in [3.8, 4) is 17.4 Å². The standard InChI is InChI=1S/C22H25N5O3/c28-21(15-27-17-23-16-25-27)26-12-5-1-2-6-13-29-19-9-3-4-10-20(19)30-22-18(14-26)8-7-11-24-22/h3-4,7-11,16-17H,1-2,5-6,12-15H2. The summed E-state index contributed by atoms with van der Waals surface area (Å²) in [6, 6.07) is 11.4. The Hall–Kier alpha value is -3.42. The van der Waals surface area contributed by atoms with Gasteiger partial charge in [-0.05, 0) is 31.0 Å². The van der Waals surface area contributed by atoms with Gasteiger partial charge in [0.05, 0.1) is 13.2 Å². The molecule has 0 fully saturated rings. The van der Waals surface area contributed by atoms with Gasteiger partial charge in [-0.2, -0.15) is 5.10 Å². The molecule has 1 amide bonds. The molecule has 0 N–H and O–H groups in total. The van der Waals surface area contributed by atoms with Crippen LogP contribution in [-0.2, 0) is 17.9 Å². The normalized spacial score (nSPS) is 15.1. The van der Waals surface area contributed by atoms with E-state index in [1.807, 2.05) is 41.3 Å². The number of hydrogen-bond acceptors (Lipinski definition) is 6. The zero-order chi connectivity index (χ0) is 20.6. The van der Waals surface area contributed by atoms with E-state index in [1.54, 1.807) is 17.2 Å². The molecule has 0 spiro atoms. The molecular formula is C22H25N5O3. The molecule has 1 aliphatic heterocycles. The molecule has 156 valence electrons. The summed E-state index contributed by atoms with van der Waals surface area (Å²) < 4.78 is 13.6. The maximum Gasteiger partial charge on any atom is 0.244 e. The van der Waals surface area contributed by atoms with Crippen molar-refractivity contribution < 1.29 is 14.3 Å². The highest BCUT2D eigenvalue weighted by atomic mass is 16.5. The molecule has 3 heterocycles. The Morgan fingerprint density at radius 1 is 1.03 bits per heavy atom. The molecule has 2 aromatic heterocycles. The van der Waals surface area contributed by atoms with Gasteiger partial charge in [-0.15, -0.1) is 0 Å². The van der Waals surface area contributed by atoms with Crippen LogP contribution < -0.4 is 9.47 Å². The maximum absolute atomic E-state index is 13.0. The number of pyridine rings is 1. The van der Waals surface area contributed by atoms with Crippen LogP contribution >= 0.6 is 0 Å². The van der Waals surface area contributed by atoms with E-state index in [0.29, 0.717) is 37.1 Å². The number of fused-ring (bicyclic) bond motifs is 2. The Kier molecular flexibility index (Phi) is 6.54. The van der Waals surface area contributed by atoms with Gasteiger partial charge in [0.25, 0.3) is 0 Å². The van der Waals surface area contributed by atoms with Crippen molar-refractivity contribution in [2.24, 2.45) is 0 Å². The fourth-order valence-electron chi connectivity index (χ4n) is 3.39. The van der Waals surface area contributed by atoms with Gasteiger partial charge >= 0.3 is 0 Å². The number of rotatable bonds is 2. The third-order valence-electron chi connectivity index (χ3n) is 4.96. The predicted molar refractivity (Wildman–Crippen MR) is 110 cm³/mol. The third-order valence-corrected chi connectivity index (χ3v) is 4.96. The molecule has 0 aliphatic carbocycles. The van der Waals surface area contributed by atoms with Crippen LogP contribution in [0.4, 0.5) is 0 Å². The summed E-state index contributed by atoms with van der Waals surface area (Å²) >= 11 is 0. The number of nitrogens with zero attached hydrogens (tertiary/aromatic N) is 5. The van der Waals surface area contributed by atoms with E-state index in [9.17, 15) is 4.79 Å². The molecule has 8 nitrogen and oxygen atoms in total. The quantitative estimate of drug-likeness (QED) is 0.647. The van der Waals surface area contributed by atoms with Gasteiger partial charge in [0.2, 0.25) is 11.8 Å². The van der Waals surface area contributed by atoms with E-state index in [4.69, 9.17) is 9.47 Å². The van der Waals surface area contributed by atoms with Gasteiger partial charge in [-0.3, -0.25) is 4.79 Å². The topological polar surface area (TPSA) is 82.4 Å². The average Bonchev–Trinajstić information content (AvgIpc) is 3.27. The minimum absolute atomic E-state index is 0.00821. The SMILES string of the molecule is O=C(Cn1cncn1)N1CCCCCCOc2ccccc2Oc2ncccc2C1. The summed E-state index contributed by atoms with van der Waals surface area (Å²) in [4.78, 5) is 23.2. The largest absolute Gasteiger partial charge is 0.490 e. The summed E-state index contributed by atoms with van der Waals surface area (Å²) in [5.41, 5.74) is 0.844. The first kappa shape index (κ1) is 19.9. The van der Waals surface area contributed by atoms with Crippen molar-refractivity contribution in [1.82, 2.24) is 24.6 Å². The molecular weight excluding hydrogens is 382 g/mol. The molecule has 1 aliphatic rings. The van der Waals surface area contributed by atoms with Crippen LogP contribution in [-0.4, -0.2) is 43.7 Å². The maximum atomic E-state index is 13.0. The lowest BCUT2D eigenvalue weighted by Gasteiger charge is -2.24. The number of para-hydroxylation sites is 2. The van der Waals surface area contributed by atoms with E-state index in [2.05, 4.69) is 15.1 Å². The number of aromatic nitrogens is 4. The van der Waals surface area contributed by atoms with Gasteiger partial charge in [-0.25, -0.2) is 14.6 Å². The predicted octanol–water partition coefficient (Wildman–Crippen LogP) is 3.45. The van der Waals surface area contributed by atoms with Crippen molar-refractivity contribution >= 4 is 5.91 Å². The van der Waals surface area contributed by atoms with Crippen molar-refractivity contribution in [3.63, 3.8) is 0 Å². The number of amides is 1. The Labute approximate surface area is 175 Å². The Morgan fingerprint density at radius 3 is 2.77 bits per heavy atom. The van der Waals surface area contributed by atoms with E-state index in [0.717, 1.165) is 31.2 Å². The summed E-state index contributed by atoms with van der Waals surface area (Å²) in [5, 5.41) is 4.05. The van der Waals surface area contributed by atoms with Crippen LogP contribution in [0.2, 0.25) is 0 Å². The lowest BCUT2D eigenvalue weighted by Crippen LogP contribution is -2.34. The lowest BCUT2D eigenvalue weighted by atomic mass is 10.1. The highest BCUT2D eigenvalue weighted by Crippen LogP contribution is 2.32. The van der Waals surface area contributed by atoms with E-state index < -0.39 is 0 Å². The number of hydrogen-bond donors (Lipinski definition) is 0. The molecule has 3 aromatic rings. The Balaban J connectivity index is 1.60. The van der Waals surface area contributed by atoms with Gasteiger partial charge in [0.15, 0.2) is 11.5 Å². The van der Waals surface area contributed by atoms with Crippen molar-refractivity contribution in [2.75, 3.05) is 13.2 Å². The second-order valence-electron chi connectivity index (χ2n) is 7.19. The smallest absolute Gasteiger partial charge is 0.244 e. The fourth-order valence-corrected chi connectivity index (χ4v) is 3.39. The van der Waals surface area contributed by atoms with E-state index in [-0.39, 0.29) is 12.5 Å². The van der Waals surface area contributed by atoms with Crippen LogP contribution in [0.25, 0.3) is 0 Å². The summed E-state index contributed by atoms with van der Waals surface area (Å²) in [7, 11) is 0. The first-order valence-electron chi connectivity index (χ1n) is 10.2. The van der Waals surface area contributed by atoms with Gasteiger partial charge in [-0.1, -0.05) is 31.0 Å². The highest BCUT2D eigenvalue weighted by Gasteiger charge is 2.19. The van der Waals surface area contributed by atoms with E-state index in [1.165, 1.54) is 6.33 Å². The first-order valence-corrected chi connectivity index (χ1v) is 10.2. The Morgan fingerprint density at radius 2 is 1.90 bits per heavy atom. The minimum Gasteiger partial charge on any atom is -0.490 e. The molecule has 0 bridgehead atoms. The molecule has 4 rings (SSSR count).